The van der Waals surface area contributed by atoms with Gasteiger partial charge in [-0.2, -0.15) is 0 Å². The summed E-state index contributed by atoms with van der Waals surface area (Å²) in [5, 5.41) is 14.1. The number of esters is 2. The van der Waals surface area contributed by atoms with Gasteiger partial charge in [-0.15, -0.1) is 0 Å². The first-order valence-electron chi connectivity index (χ1n) is 20.5. The number of aliphatic hydroxyl groups is 1. The van der Waals surface area contributed by atoms with Crippen LogP contribution in [0.4, 0.5) is 5.69 Å². The molecule has 13 nitrogen and oxygen atoms in total. The highest BCUT2D eigenvalue weighted by Gasteiger charge is 2.48. The fourth-order valence-corrected chi connectivity index (χ4v) is 7.66. The Hall–Kier alpha value is -7.77. The summed E-state index contributed by atoms with van der Waals surface area (Å²) in [4.78, 5) is 81.3. The number of ketones is 1. The number of fused-ring (bicyclic) bond motifs is 3. The highest BCUT2D eigenvalue weighted by atomic mass is 16.5. The SMILES string of the molecule is CCOC(=O)C[C@H]1[C@H](OC(=O)c2ccc(C(=O)c3ccccc3)cc2)[C@@H](NC(=O)c2ccc3ccccc3n2)c2cc(OCCCO)ccc2N1C(=O)c1ccc2ccccc2n1. The molecule has 1 aliphatic heterocycles. The smallest absolute Gasteiger partial charge is 0.338 e. The van der Waals surface area contributed by atoms with Crippen LogP contribution in [0.5, 0.6) is 5.75 Å². The number of aliphatic hydroxyl groups excluding tert-OH is 1. The first-order valence-corrected chi connectivity index (χ1v) is 20.5. The molecule has 0 radical (unpaired) electrons. The van der Waals surface area contributed by atoms with Gasteiger partial charge < -0.3 is 24.6 Å². The van der Waals surface area contributed by atoms with Crippen LogP contribution in [0.2, 0.25) is 0 Å². The molecule has 2 amide bonds. The number of hydrogen-bond donors (Lipinski definition) is 2. The molecule has 63 heavy (non-hydrogen) atoms. The number of carbonyl (C=O) groups is 5. The molecule has 316 valence electrons. The summed E-state index contributed by atoms with van der Waals surface area (Å²) in [7, 11) is 0. The fraction of sp³-hybridized carbons (Fsp3) is 0.180. The maximum atomic E-state index is 15.0. The Bertz CT molecular complexity index is 2830. The number of para-hydroxylation sites is 2. The van der Waals surface area contributed by atoms with Crippen molar-refractivity contribution in [2.24, 2.45) is 0 Å². The van der Waals surface area contributed by atoms with Gasteiger partial charge in [0.1, 0.15) is 23.2 Å². The van der Waals surface area contributed by atoms with Crippen molar-refractivity contribution in [3.05, 3.63) is 179 Å². The monoisotopic (exact) mass is 842 g/mol. The number of rotatable bonds is 14. The maximum absolute atomic E-state index is 15.0. The second-order valence-corrected chi connectivity index (χ2v) is 14.8. The van der Waals surface area contributed by atoms with Crippen LogP contribution in [-0.2, 0) is 14.3 Å². The molecule has 0 saturated carbocycles. The number of aromatic nitrogens is 2. The summed E-state index contributed by atoms with van der Waals surface area (Å²) in [5.74, 6) is -2.69. The summed E-state index contributed by atoms with van der Waals surface area (Å²) in [6.45, 7) is 1.72. The van der Waals surface area contributed by atoms with E-state index in [4.69, 9.17) is 14.2 Å². The summed E-state index contributed by atoms with van der Waals surface area (Å²) in [5.41, 5.74) is 2.72. The molecule has 2 N–H and O–H groups in total. The van der Waals surface area contributed by atoms with E-state index in [0.29, 0.717) is 39.9 Å². The van der Waals surface area contributed by atoms with E-state index in [9.17, 15) is 24.3 Å². The van der Waals surface area contributed by atoms with Crippen LogP contribution < -0.4 is 15.0 Å². The van der Waals surface area contributed by atoms with Gasteiger partial charge in [-0.25, -0.2) is 14.8 Å². The van der Waals surface area contributed by atoms with Crippen LogP contribution >= 0.6 is 0 Å². The number of amides is 2. The summed E-state index contributed by atoms with van der Waals surface area (Å²) in [6, 6.07) is 38.4. The largest absolute Gasteiger partial charge is 0.493 e. The van der Waals surface area contributed by atoms with E-state index in [1.165, 1.54) is 29.2 Å². The average molecular weight is 843 g/mol. The van der Waals surface area contributed by atoms with E-state index in [1.807, 2.05) is 30.3 Å². The number of pyridine rings is 2. The Labute approximate surface area is 362 Å². The number of nitrogens with one attached hydrogen (secondary N) is 1. The first kappa shape index (κ1) is 41.9. The van der Waals surface area contributed by atoms with Crippen molar-refractivity contribution in [3.63, 3.8) is 0 Å². The number of benzene rings is 5. The third kappa shape index (κ3) is 9.14. The molecule has 3 atom stereocenters. The number of nitrogens with zero attached hydrogens (tertiary/aromatic N) is 3. The molecule has 7 aromatic rings. The lowest BCUT2D eigenvalue weighted by atomic mass is 9.85. The zero-order valence-corrected chi connectivity index (χ0v) is 34.2. The molecule has 0 saturated heterocycles. The second kappa shape index (κ2) is 18.9. The number of anilines is 1. The molecule has 2 aromatic heterocycles. The van der Waals surface area contributed by atoms with Gasteiger partial charge in [-0.1, -0.05) is 91.0 Å². The average Bonchev–Trinajstić information content (AvgIpc) is 3.32. The predicted molar refractivity (Wildman–Crippen MR) is 235 cm³/mol. The van der Waals surface area contributed by atoms with Gasteiger partial charge in [-0.3, -0.25) is 24.1 Å². The molecule has 8 rings (SSSR count). The molecule has 0 spiro atoms. The topological polar surface area (TPSA) is 174 Å². The van der Waals surface area contributed by atoms with Crippen LogP contribution in [0.15, 0.2) is 146 Å². The zero-order chi connectivity index (χ0) is 43.9. The molecule has 0 fully saturated rings. The van der Waals surface area contributed by atoms with Gasteiger partial charge in [0.25, 0.3) is 11.8 Å². The molecule has 1 aliphatic rings. The highest BCUT2D eigenvalue weighted by molar-refractivity contribution is 6.10. The zero-order valence-electron chi connectivity index (χ0n) is 34.2. The Morgan fingerprint density at radius 3 is 2.00 bits per heavy atom. The van der Waals surface area contributed by atoms with Crippen LogP contribution in [-0.4, -0.2) is 76.6 Å². The predicted octanol–water partition coefficient (Wildman–Crippen LogP) is 7.45. The van der Waals surface area contributed by atoms with Gasteiger partial charge in [-0.05, 0) is 61.5 Å². The molecular formula is C50H42N4O9. The van der Waals surface area contributed by atoms with Crippen LogP contribution in [0.1, 0.15) is 78.6 Å². The normalized spacial score (nSPS) is 15.6. The Kier molecular flexibility index (Phi) is 12.6. The molecule has 3 heterocycles. The number of carbonyl (C=O) groups excluding carboxylic acids is 5. The van der Waals surface area contributed by atoms with Crippen molar-refractivity contribution in [2.75, 3.05) is 24.7 Å². The van der Waals surface area contributed by atoms with Crippen molar-refractivity contribution < 1.29 is 43.3 Å². The second-order valence-electron chi connectivity index (χ2n) is 14.8. The molecule has 0 aliphatic carbocycles. The van der Waals surface area contributed by atoms with Gasteiger partial charge in [0, 0.05) is 40.5 Å². The number of ether oxygens (including phenoxy) is 3. The van der Waals surface area contributed by atoms with Crippen molar-refractivity contribution in [1.82, 2.24) is 15.3 Å². The lowest BCUT2D eigenvalue weighted by Gasteiger charge is -2.45. The van der Waals surface area contributed by atoms with E-state index in [0.717, 1.165) is 10.8 Å². The van der Waals surface area contributed by atoms with Crippen molar-refractivity contribution in [1.29, 1.82) is 0 Å². The molecule has 5 aromatic carbocycles. The van der Waals surface area contributed by atoms with Crippen molar-refractivity contribution in [3.8, 4) is 5.75 Å². The summed E-state index contributed by atoms with van der Waals surface area (Å²) < 4.78 is 17.8. The number of hydrogen-bond acceptors (Lipinski definition) is 11. The van der Waals surface area contributed by atoms with Crippen LogP contribution in [0.3, 0.4) is 0 Å². The molecular weight excluding hydrogens is 801 g/mol. The fourth-order valence-electron chi connectivity index (χ4n) is 7.66. The van der Waals surface area contributed by atoms with Crippen molar-refractivity contribution in [2.45, 2.75) is 38.0 Å². The Morgan fingerprint density at radius 1 is 0.698 bits per heavy atom. The van der Waals surface area contributed by atoms with E-state index in [2.05, 4.69) is 15.3 Å². The van der Waals surface area contributed by atoms with Gasteiger partial charge in [0.05, 0.1) is 54.0 Å². The summed E-state index contributed by atoms with van der Waals surface area (Å²) in [6.07, 6.45) is -1.56. The van der Waals surface area contributed by atoms with Gasteiger partial charge in [0.2, 0.25) is 0 Å². The van der Waals surface area contributed by atoms with Crippen LogP contribution in [0.25, 0.3) is 21.8 Å². The minimum Gasteiger partial charge on any atom is -0.493 e. The lowest BCUT2D eigenvalue weighted by Crippen LogP contribution is -2.58. The van der Waals surface area contributed by atoms with Crippen LogP contribution in [0, 0.1) is 0 Å². The van der Waals surface area contributed by atoms with Gasteiger partial charge in [0.15, 0.2) is 5.78 Å². The third-order valence-corrected chi connectivity index (χ3v) is 10.7. The Morgan fingerprint density at radius 2 is 1.32 bits per heavy atom. The van der Waals surface area contributed by atoms with E-state index in [1.54, 1.807) is 97.9 Å². The maximum Gasteiger partial charge on any atom is 0.338 e. The standard InChI is InChI=1S/C50H42N4O9/c1-2-61-44(56)30-43-47(63-50(60)35-19-17-34(18-20-35)46(57)33-13-4-3-5-14-33)45(53-48(58)40-24-21-31-11-6-8-15-38(31)51-40)37-29-36(62-28-10-27-55)23-26-42(37)54(43)49(59)41-25-22-32-12-7-9-16-39(32)52-41/h3-9,11-26,29,43,45,47,55H,2,10,27-28,30H2,1H3,(H,53,58)/t43-,45-,47-/m0/s1. The first-order chi connectivity index (χ1) is 30.7. The summed E-state index contributed by atoms with van der Waals surface area (Å²) >= 11 is 0. The third-order valence-electron chi connectivity index (χ3n) is 10.7. The molecule has 0 unspecified atom stereocenters. The molecule has 13 heteroatoms. The Balaban J connectivity index is 1.26. The van der Waals surface area contributed by atoms with Gasteiger partial charge >= 0.3 is 11.9 Å². The van der Waals surface area contributed by atoms with E-state index in [-0.39, 0.29) is 48.2 Å². The molecule has 0 bridgehead atoms. The highest BCUT2D eigenvalue weighted by Crippen LogP contribution is 2.43. The van der Waals surface area contributed by atoms with E-state index >= 15 is 4.79 Å². The quantitative estimate of drug-likeness (QED) is 0.0632. The lowest BCUT2D eigenvalue weighted by molar-refractivity contribution is -0.144. The minimum atomic E-state index is -1.44. The van der Waals surface area contributed by atoms with Crippen molar-refractivity contribution >= 4 is 57.0 Å². The minimum absolute atomic E-state index is 0.0309. The van der Waals surface area contributed by atoms with E-state index < -0.39 is 48.4 Å².